The van der Waals surface area contributed by atoms with Crippen LogP contribution >= 0.6 is 0 Å². The third-order valence-corrected chi connectivity index (χ3v) is 2.34. The topological polar surface area (TPSA) is 63.1 Å². The van der Waals surface area contributed by atoms with Gasteiger partial charge in [0.1, 0.15) is 0 Å². The maximum Gasteiger partial charge on any atom is 0.337 e. The molecule has 0 unspecified atom stereocenters. The summed E-state index contributed by atoms with van der Waals surface area (Å²) >= 11 is 0. The smallest absolute Gasteiger partial charge is 0.337 e. The van der Waals surface area contributed by atoms with Crippen LogP contribution in [0.1, 0.15) is 21.6 Å². The lowest BCUT2D eigenvalue weighted by molar-refractivity contribution is 0.0696. The van der Waals surface area contributed by atoms with Crippen molar-refractivity contribution >= 4 is 17.0 Å². The molecule has 0 aliphatic rings. The quantitative estimate of drug-likeness (QED) is 0.767. The molecule has 2 heterocycles. The number of carbonyl (C=O) groups is 1. The van der Waals surface area contributed by atoms with Crippen LogP contribution in [-0.4, -0.2) is 21.0 Å². The van der Waals surface area contributed by atoms with E-state index < -0.39 is 5.97 Å². The molecule has 0 fully saturated rings. The van der Waals surface area contributed by atoms with E-state index in [1.165, 1.54) is 6.20 Å². The van der Waals surface area contributed by atoms with Crippen LogP contribution in [0.15, 0.2) is 18.3 Å². The van der Waals surface area contributed by atoms with E-state index in [0.29, 0.717) is 11.1 Å². The zero-order valence-electron chi connectivity index (χ0n) is 8.48. The van der Waals surface area contributed by atoms with Crippen molar-refractivity contribution in [2.75, 3.05) is 0 Å². The molecule has 2 aromatic rings. The molecule has 76 valence electrons. The van der Waals surface area contributed by atoms with Crippen molar-refractivity contribution < 1.29 is 9.90 Å². The summed E-state index contributed by atoms with van der Waals surface area (Å²) in [5.41, 5.74) is 3.12. The Morgan fingerprint density at radius 2 is 2.07 bits per heavy atom. The molecule has 0 bridgehead atoms. The van der Waals surface area contributed by atoms with Gasteiger partial charge in [-0.1, -0.05) is 0 Å². The Kier molecular flexibility index (Phi) is 2.11. The van der Waals surface area contributed by atoms with Crippen molar-refractivity contribution in [3.63, 3.8) is 0 Å². The van der Waals surface area contributed by atoms with Crippen LogP contribution in [-0.2, 0) is 0 Å². The molecule has 0 saturated heterocycles. The van der Waals surface area contributed by atoms with Crippen molar-refractivity contribution in [3.8, 4) is 0 Å². The highest BCUT2D eigenvalue weighted by Gasteiger charge is 2.11. The van der Waals surface area contributed by atoms with Gasteiger partial charge in [0, 0.05) is 11.9 Å². The summed E-state index contributed by atoms with van der Waals surface area (Å²) in [4.78, 5) is 19.2. The van der Waals surface area contributed by atoms with Crippen LogP contribution in [0.2, 0.25) is 0 Å². The van der Waals surface area contributed by atoms with E-state index in [2.05, 4.69) is 9.97 Å². The van der Waals surface area contributed by atoms with Gasteiger partial charge >= 0.3 is 5.97 Å². The predicted molar refractivity (Wildman–Crippen MR) is 56.0 cm³/mol. The first-order valence-corrected chi connectivity index (χ1v) is 4.56. The maximum absolute atomic E-state index is 10.9. The van der Waals surface area contributed by atoms with Crippen LogP contribution in [0, 0.1) is 13.8 Å². The molecule has 0 aromatic carbocycles. The summed E-state index contributed by atoms with van der Waals surface area (Å²) in [7, 11) is 0. The van der Waals surface area contributed by atoms with Gasteiger partial charge in [-0.15, -0.1) is 0 Å². The Morgan fingerprint density at radius 1 is 1.33 bits per heavy atom. The van der Waals surface area contributed by atoms with Gasteiger partial charge in [-0.25, -0.2) is 4.79 Å². The van der Waals surface area contributed by atoms with E-state index in [1.807, 2.05) is 19.1 Å². The highest BCUT2D eigenvalue weighted by molar-refractivity contribution is 5.94. The first-order valence-electron chi connectivity index (χ1n) is 4.56. The lowest BCUT2D eigenvalue weighted by Crippen LogP contribution is -2.02. The molecule has 1 N–H and O–H groups in total. The molecule has 0 saturated carbocycles. The van der Waals surface area contributed by atoms with Gasteiger partial charge in [-0.05, 0) is 31.5 Å². The van der Waals surface area contributed by atoms with E-state index in [0.717, 1.165) is 11.2 Å². The second-order valence-corrected chi connectivity index (χ2v) is 3.42. The Hall–Kier alpha value is -1.97. The summed E-state index contributed by atoms with van der Waals surface area (Å²) in [6.07, 6.45) is 1.37. The van der Waals surface area contributed by atoms with E-state index >= 15 is 0 Å². The Labute approximate surface area is 86.6 Å². The van der Waals surface area contributed by atoms with Crippen LogP contribution in [0.5, 0.6) is 0 Å². The zero-order chi connectivity index (χ0) is 11.0. The molecule has 2 rings (SSSR count). The highest BCUT2D eigenvalue weighted by atomic mass is 16.4. The van der Waals surface area contributed by atoms with Crippen LogP contribution in [0.4, 0.5) is 0 Å². The summed E-state index contributed by atoms with van der Waals surface area (Å²) in [5, 5.41) is 8.93. The number of hydrogen-bond acceptors (Lipinski definition) is 3. The average Bonchev–Trinajstić information content (AvgIpc) is 2.19. The van der Waals surface area contributed by atoms with Crippen LogP contribution in [0.3, 0.4) is 0 Å². The van der Waals surface area contributed by atoms with E-state index in [-0.39, 0.29) is 5.56 Å². The largest absolute Gasteiger partial charge is 0.478 e. The van der Waals surface area contributed by atoms with E-state index in [4.69, 9.17) is 5.11 Å². The number of pyridine rings is 2. The van der Waals surface area contributed by atoms with Gasteiger partial charge in [0.15, 0.2) is 0 Å². The molecule has 0 radical (unpaired) electrons. The van der Waals surface area contributed by atoms with Crippen molar-refractivity contribution in [1.82, 2.24) is 9.97 Å². The standard InChI is InChI=1S/C11H10N2O2/c1-6-3-4-9-10(13-6)7(2)8(5-12-9)11(14)15/h3-5H,1-2H3,(H,14,15). The Morgan fingerprint density at radius 3 is 2.73 bits per heavy atom. The minimum atomic E-state index is -0.967. The number of nitrogens with zero attached hydrogens (tertiary/aromatic N) is 2. The van der Waals surface area contributed by atoms with Crippen LogP contribution < -0.4 is 0 Å². The van der Waals surface area contributed by atoms with Gasteiger partial charge in [-0.3, -0.25) is 9.97 Å². The van der Waals surface area contributed by atoms with Gasteiger partial charge in [-0.2, -0.15) is 0 Å². The minimum absolute atomic E-state index is 0.209. The molecular weight excluding hydrogens is 192 g/mol. The predicted octanol–water partition coefficient (Wildman–Crippen LogP) is 1.94. The first-order chi connectivity index (χ1) is 7.09. The molecule has 2 aromatic heterocycles. The average molecular weight is 202 g/mol. The molecular formula is C11H10N2O2. The van der Waals surface area contributed by atoms with E-state index in [9.17, 15) is 4.79 Å². The molecule has 0 atom stereocenters. The summed E-state index contributed by atoms with van der Waals surface area (Å²) < 4.78 is 0. The summed E-state index contributed by atoms with van der Waals surface area (Å²) in [6, 6.07) is 3.70. The maximum atomic E-state index is 10.9. The summed E-state index contributed by atoms with van der Waals surface area (Å²) in [5.74, 6) is -0.967. The van der Waals surface area contributed by atoms with Crippen molar-refractivity contribution in [3.05, 3.63) is 35.2 Å². The minimum Gasteiger partial charge on any atom is -0.478 e. The number of aromatic carboxylic acids is 1. The molecule has 4 heteroatoms. The number of rotatable bonds is 1. The second kappa shape index (κ2) is 3.31. The first kappa shape index (κ1) is 9.58. The fraction of sp³-hybridized carbons (Fsp3) is 0.182. The Bertz CT molecular complexity index is 550. The summed E-state index contributed by atoms with van der Waals surface area (Å²) in [6.45, 7) is 3.62. The van der Waals surface area contributed by atoms with Gasteiger partial charge in [0.25, 0.3) is 0 Å². The SMILES string of the molecule is Cc1ccc2ncc(C(=O)O)c(C)c2n1. The normalized spacial score (nSPS) is 10.5. The molecule has 0 aliphatic carbocycles. The third-order valence-electron chi connectivity index (χ3n) is 2.34. The lowest BCUT2D eigenvalue weighted by Gasteiger charge is -2.04. The highest BCUT2D eigenvalue weighted by Crippen LogP contribution is 2.17. The molecule has 0 aliphatic heterocycles. The molecule has 15 heavy (non-hydrogen) atoms. The molecule has 0 spiro atoms. The fourth-order valence-corrected chi connectivity index (χ4v) is 1.50. The number of hydrogen-bond donors (Lipinski definition) is 1. The molecule has 4 nitrogen and oxygen atoms in total. The van der Waals surface area contributed by atoms with Crippen molar-refractivity contribution in [2.45, 2.75) is 13.8 Å². The number of aryl methyl sites for hydroxylation is 2. The van der Waals surface area contributed by atoms with Gasteiger partial charge in [0.2, 0.25) is 0 Å². The fourth-order valence-electron chi connectivity index (χ4n) is 1.50. The second-order valence-electron chi connectivity index (χ2n) is 3.42. The number of carboxylic acid groups (broad SMARTS) is 1. The number of carboxylic acids is 1. The van der Waals surface area contributed by atoms with Gasteiger partial charge < -0.3 is 5.11 Å². The number of fused-ring (bicyclic) bond motifs is 1. The third kappa shape index (κ3) is 1.54. The zero-order valence-corrected chi connectivity index (χ0v) is 8.48. The monoisotopic (exact) mass is 202 g/mol. The van der Waals surface area contributed by atoms with Crippen molar-refractivity contribution in [1.29, 1.82) is 0 Å². The van der Waals surface area contributed by atoms with Crippen LogP contribution in [0.25, 0.3) is 11.0 Å². The van der Waals surface area contributed by atoms with Gasteiger partial charge in [0.05, 0.1) is 16.6 Å². The number of aromatic nitrogens is 2. The lowest BCUT2D eigenvalue weighted by atomic mass is 10.1. The Balaban J connectivity index is 2.82. The molecule has 0 amide bonds. The van der Waals surface area contributed by atoms with E-state index in [1.54, 1.807) is 6.92 Å². The van der Waals surface area contributed by atoms with Crippen molar-refractivity contribution in [2.24, 2.45) is 0 Å².